The molecule has 0 aliphatic carbocycles. The molecule has 0 aliphatic rings. The van der Waals surface area contributed by atoms with Crippen molar-refractivity contribution in [2.45, 2.75) is 12.5 Å². The zero-order valence-corrected chi connectivity index (χ0v) is 11.2. The zero-order chi connectivity index (χ0) is 14.8. The summed E-state index contributed by atoms with van der Waals surface area (Å²) in [6.07, 6.45) is 0. The fourth-order valence-electron chi connectivity index (χ4n) is 2.36. The van der Waals surface area contributed by atoms with Crippen LogP contribution in [0.1, 0.15) is 18.1 Å². The van der Waals surface area contributed by atoms with E-state index in [0.29, 0.717) is 11.1 Å². The summed E-state index contributed by atoms with van der Waals surface area (Å²) in [6, 6.07) is 11.3. The maximum absolute atomic E-state index is 13.4. The average molecular weight is 277 g/mol. The normalized spacial score (nSPS) is 13.2. The second-order valence-electron chi connectivity index (χ2n) is 4.92. The van der Waals surface area contributed by atoms with Crippen molar-refractivity contribution in [3.63, 3.8) is 0 Å². The molecule has 2 aromatic carbocycles. The molecule has 0 radical (unpaired) electrons. The summed E-state index contributed by atoms with van der Waals surface area (Å²) in [5.74, 6) is -1.31. The van der Waals surface area contributed by atoms with E-state index in [4.69, 9.17) is 5.73 Å². The van der Waals surface area contributed by atoms with E-state index >= 15 is 0 Å². The van der Waals surface area contributed by atoms with Crippen LogP contribution in [0.4, 0.5) is 8.78 Å². The lowest BCUT2D eigenvalue weighted by Crippen LogP contribution is -2.39. The number of aliphatic hydroxyl groups is 1. The topological polar surface area (TPSA) is 46.2 Å². The fraction of sp³-hybridized carbons (Fsp3) is 0.250. The van der Waals surface area contributed by atoms with Crippen LogP contribution in [0.3, 0.4) is 0 Å². The highest BCUT2D eigenvalue weighted by Crippen LogP contribution is 2.36. The number of rotatable bonds is 4. The lowest BCUT2D eigenvalue weighted by molar-refractivity contribution is 0.0271. The molecule has 0 heterocycles. The van der Waals surface area contributed by atoms with Gasteiger partial charge in [-0.05, 0) is 41.9 Å². The maximum atomic E-state index is 13.4. The summed E-state index contributed by atoms with van der Waals surface area (Å²) in [7, 11) is 0. The molecule has 1 atom stereocenters. The van der Waals surface area contributed by atoms with Gasteiger partial charge in [0.2, 0.25) is 0 Å². The Hall–Kier alpha value is -1.78. The van der Waals surface area contributed by atoms with Gasteiger partial charge in [0, 0.05) is 5.92 Å². The highest BCUT2D eigenvalue weighted by atomic mass is 19.1. The van der Waals surface area contributed by atoms with Gasteiger partial charge in [-0.25, -0.2) is 8.78 Å². The molecular formula is C16H17F2NO. The molecule has 0 spiro atoms. The highest BCUT2D eigenvalue weighted by molar-refractivity contribution is 5.37. The van der Waals surface area contributed by atoms with Crippen molar-refractivity contribution in [1.82, 2.24) is 0 Å². The molecule has 0 saturated carbocycles. The molecule has 2 aromatic rings. The molecule has 20 heavy (non-hydrogen) atoms. The Morgan fingerprint density at radius 1 is 1.05 bits per heavy atom. The van der Waals surface area contributed by atoms with E-state index in [1.54, 1.807) is 19.1 Å². The van der Waals surface area contributed by atoms with Gasteiger partial charge in [-0.2, -0.15) is 0 Å². The van der Waals surface area contributed by atoms with Crippen molar-refractivity contribution < 1.29 is 13.9 Å². The third kappa shape index (κ3) is 2.57. The quantitative estimate of drug-likeness (QED) is 0.902. The van der Waals surface area contributed by atoms with Gasteiger partial charge < -0.3 is 10.8 Å². The Morgan fingerprint density at radius 3 is 1.85 bits per heavy atom. The number of hydrogen-bond acceptors (Lipinski definition) is 2. The number of nitrogens with two attached hydrogens (primary N) is 1. The molecule has 1 unspecified atom stereocenters. The van der Waals surface area contributed by atoms with Crippen LogP contribution in [0.5, 0.6) is 0 Å². The Kier molecular flexibility index (Phi) is 4.16. The third-order valence-corrected chi connectivity index (χ3v) is 3.60. The van der Waals surface area contributed by atoms with E-state index in [2.05, 4.69) is 0 Å². The fourth-order valence-corrected chi connectivity index (χ4v) is 2.36. The summed E-state index contributed by atoms with van der Waals surface area (Å²) in [5, 5.41) is 11.1. The van der Waals surface area contributed by atoms with E-state index in [9.17, 15) is 13.9 Å². The van der Waals surface area contributed by atoms with Gasteiger partial charge in [-0.1, -0.05) is 31.2 Å². The van der Waals surface area contributed by atoms with Crippen molar-refractivity contribution in [3.8, 4) is 0 Å². The van der Waals surface area contributed by atoms with E-state index < -0.39 is 23.2 Å². The monoisotopic (exact) mass is 277 g/mol. The summed E-state index contributed by atoms with van der Waals surface area (Å²) >= 11 is 0. The Labute approximate surface area is 116 Å². The smallest absolute Gasteiger partial charge is 0.123 e. The average Bonchev–Trinajstić information content (AvgIpc) is 2.45. The molecule has 0 fully saturated rings. The van der Waals surface area contributed by atoms with Gasteiger partial charge in [-0.3, -0.25) is 0 Å². The van der Waals surface area contributed by atoms with Crippen LogP contribution in [0.15, 0.2) is 48.5 Å². The van der Waals surface area contributed by atoms with Gasteiger partial charge in [0.1, 0.15) is 17.2 Å². The molecule has 0 bridgehead atoms. The number of hydrogen-bond donors (Lipinski definition) is 2. The van der Waals surface area contributed by atoms with Crippen LogP contribution >= 0.6 is 0 Å². The van der Waals surface area contributed by atoms with Crippen LogP contribution in [-0.4, -0.2) is 11.7 Å². The van der Waals surface area contributed by atoms with Crippen LogP contribution in [-0.2, 0) is 5.60 Å². The van der Waals surface area contributed by atoms with Crippen LogP contribution in [0.25, 0.3) is 0 Å². The summed E-state index contributed by atoms with van der Waals surface area (Å²) in [4.78, 5) is 0. The lowest BCUT2D eigenvalue weighted by Gasteiger charge is -2.34. The van der Waals surface area contributed by atoms with Crippen molar-refractivity contribution >= 4 is 0 Å². The molecule has 4 heteroatoms. The first-order valence-corrected chi connectivity index (χ1v) is 6.43. The SMILES string of the molecule is CC(CN)C(O)(c1cccc(F)c1)c1cccc(F)c1. The van der Waals surface area contributed by atoms with Gasteiger partial charge in [0.25, 0.3) is 0 Å². The molecule has 0 aliphatic heterocycles. The predicted molar refractivity (Wildman–Crippen MR) is 74.0 cm³/mol. The molecule has 0 aromatic heterocycles. The molecule has 0 amide bonds. The maximum Gasteiger partial charge on any atom is 0.123 e. The van der Waals surface area contributed by atoms with E-state index in [0.717, 1.165) is 0 Å². The van der Waals surface area contributed by atoms with Crippen molar-refractivity contribution in [2.24, 2.45) is 11.7 Å². The van der Waals surface area contributed by atoms with Crippen molar-refractivity contribution in [1.29, 1.82) is 0 Å². The molecule has 2 rings (SSSR count). The van der Waals surface area contributed by atoms with Gasteiger partial charge >= 0.3 is 0 Å². The first kappa shape index (κ1) is 14.6. The van der Waals surface area contributed by atoms with Crippen LogP contribution < -0.4 is 5.73 Å². The predicted octanol–water partition coefficient (Wildman–Crippen LogP) is 2.80. The van der Waals surface area contributed by atoms with Gasteiger partial charge in [0.05, 0.1) is 0 Å². The minimum Gasteiger partial charge on any atom is -0.380 e. The molecule has 2 nitrogen and oxygen atoms in total. The number of halogens is 2. The zero-order valence-electron chi connectivity index (χ0n) is 11.2. The first-order valence-electron chi connectivity index (χ1n) is 6.43. The van der Waals surface area contributed by atoms with E-state index in [1.165, 1.54) is 36.4 Å². The van der Waals surface area contributed by atoms with Gasteiger partial charge in [0.15, 0.2) is 0 Å². The second-order valence-corrected chi connectivity index (χ2v) is 4.92. The molecule has 3 N–H and O–H groups in total. The largest absolute Gasteiger partial charge is 0.380 e. The molecular weight excluding hydrogens is 260 g/mol. The minimum atomic E-state index is -1.53. The standard InChI is InChI=1S/C16H17F2NO/c1-11(10-19)16(20,12-4-2-6-14(17)8-12)13-5-3-7-15(18)9-13/h2-9,11,20H,10,19H2,1H3. The first-order chi connectivity index (χ1) is 9.48. The summed E-state index contributed by atoms with van der Waals surface area (Å²) in [6.45, 7) is 1.93. The molecule has 0 saturated heterocycles. The van der Waals surface area contributed by atoms with Crippen LogP contribution in [0.2, 0.25) is 0 Å². The summed E-state index contributed by atoms with van der Waals surface area (Å²) in [5.41, 5.74) is 4.86. The molecule has 106 valence electrons. The van der Waals surface area contributed by atoms with E-state index in [-0.39, 0.29) is 6.54 Å². The van der Waals surface area contributed by atoms with Crippen molar-refractivity contribution in [2.75, 3.05) is 6.54 Å². The second kappa shape index (κ2) is 5.69. The van der Waals surface area contributed by atoms with Crippen LogP contribution in [0, 0.1) is 17.6 Å². The third-order valence-electron chi connectivity index (χ3n) is 3.60. The Bertz CT molecular complexity index is 555. The lowest BCUT2D eigenvalue weighted by atomic mass is 9.77. The Morgan fingerprint density at radius 2 is 1.50 bits per heavy atom. The number of benzene rings is 2. The van der Waals surface area contributed by atoms with Gasteiger partial charge in [-0.15, -0.1) is 0 Å². The summed E-state index contributed by atoms with van der Waals surface area (Å²) < 4.78 is 26.9. The highest BCUT2D eigenvalue weighted by Gasteiger charge is 2.37. The van der Waals surface area contributed by atoms with Crippen molar-refractivity contribution in [3.05, 3.63) is 71.3 Å². The minimum absolute atomic E-state index is 0.184. The van der Waals surface area contributed by atoms with E-state index in [1.807, 2.05) is 0 Å². The Balaban J connectivity index is 2.62.